The molecule has 12 heavy (non-hydrogen) atoms. The summed E-state index contributed by atoms with van der Waals surface area (Å²) in [4.78, 5) is 17.6. The Balaban J connectivity index is 2.91. The Labute approximate surface area is 71.0 Å². The predicted octanol–water partition coefficient (Wildman–Crippen LogP) is 0.980. The fourth-order valence-corrected chi connectivity index (χ4v) is 0.796. The summed E-state index contributed by atoms with van der Waals surface area (Å²) in [7, 11) is 0. The Morgan fingerprint density at radius 1 is 1.50 bits per heavy atom. The number of nitrogens with one attached hydrogen (secondary N) is 2. The molecular weight excluding hydrogens is 154 g/mol. The quantitative estimate of drug-likeness (QED) is 0.655. The van der Waals surface area contributed by atoms with Crippen molar-refractivity contribution in [1.82, 2.24) is 9.97 Å². The third-order valence-corrected chi connectivity index (χ3v) is 1.20. The van der Waals surface area contributed by atoms with Gasteiger partial charge in [-0.25, -0.2) is 4.98 Å². The van der Waals surface area contributed by atoms with Gasteiger partial charge >= 0.3 is 0 Å². The minimum absolute atomic E-state index is 0.138. The second kappa shape index (κ2) is 2.97. The van der Waals surface area contributed by atoms with Crippen LogP contribution in [0.25, 0.3) is 0 Å². The summed E-state index contributed by atoms with van der Waals surface area (Å²) in [5.74, 6) is 0.366. The zero-order valence-corrected chi connectivity index (χ0v) is 7.51. The number of anilines is 1. The van der Waals surface area contributed by atoms with Gasteiger partial charge in [-0.3, -0.25) is 4.79 Å². The van der Waals surface area contributed by atoms with E-state index in [0.717, 1.165) is 0 Å². The summed E-state index contributed by atoms with van der Waals surface area (Å²) in [5, 5.41) is 2.99. The fourth-order valence-electron chi connectivity index (χ4n) is 0.796. The van der Waals surface area contributed by atoms with Gasteiger partial charge in [0.05, 0.1) is 0 Å². The average molecular weight is 167 g/mol. The summed E-state index contributed by atoms with van der Waals surface area (Å²) < 4.78 is 0. The van der Waals surface area contributed by atoms with Crippen molar-refractivity contribution in [2.75, 3.05) is 5.32 Å². The lowest BCUT2D eigenvalue weighted by molar-refractivity contribution is 0.628. The molecule has 0 aromatic carbocycles. The van der Waals surface area contributed by atoms with Gasteiger partial charge in [0.25, 0.3) is 5.56 Å². The van der Waals surface area contributed by atoms with E-state index in [1.54, 1.807) is 6.20 Å². The van der Waals surface area contributed by atoms with Gasteiger partial charge in [-0.15, -0.1) is 0 Å². The molecule has 1 aromatic rings. The van der Waals surface area contributed by atoms with Crippen LogP contribution in [0.15, 0.2) is 17.2 Å². The molecule has 0 aliphatic carbocycles. The number of aromatic amines is 1. The number of rotatable bonds is 1. The van der Waals surface area contributed by atoms with Crippen molar-refractivity contribution >= 4 is 5.82 Å². The first kappa shape index (κ1) is 8.77. The molecule has 66 valence electrons. The van der Waals surface area contributed by atoms with E-state index >= 15 is 0 Å². The lowest BCUT2D eigenvalue weighted by Gasteiger charge is -2.19. The maximum Gasteiger partial charge on any atom is 0.290 e. The normalized spacial score (nSPS) is 11.2. The van der Waals surface area contributed by atoms with Crippen LogP contribution in [-0.2, 0) is 0 Å². The Hall–Kier alpha value is -1.32. The number of hydrogen-bond donors (Lipinski definition) is 2. The van der Waals surface area contributed by atoms with Gasteiger partial charge in [-0.05, 0) is 20.8 Å². The van der Waals surface area contributed by atoms with E-state index in [2.05, 4.69) is 15.3 Å². The number of aromatic nitrogens is 2. The molecule has 4 nitrogen and oxygen atoms in total. The lowest BCUT2D eigenvalue weighted by atomic mass is 10.1. The SMILES string of the molecule is CC(C)(C)Nc1ncc[nH]c1=O. The van der Waals surface area contributed by atoms with Crippen LogP contribution in [0, 0.1) is 0 Å². The van der Waals surface area contributed by atoms with Crippen LogP contribution in [0.1, 0.15) is 20.8 Å². The van der Waals surface area contributed by atoms with E-state index in [0.29, 0.717) is 5.82 Å². The number of H-pyrrole nitrogens is 1. The number of nitrogens with zero attached hydrogens (tertiary/aromatic N) is 1. The van der Waals surface area contributed by atoms with Gasteiger partial charge < -0.3 is 10.3 Å². The van der Waals surface area contributed by atoms with Crippen molar-refractivity contribution in [3.8, 4) is 0 Å². The van der Waals surface area contributed by atoms with Crippen LogP contribution in [0.2, 0.25) is 0 Å². The highest BCUT2D eigenvalue weighted by atomic mass is 16.1. The fraction of sp³-hybridized carbons (Fsp3) is 0.500. The molecule has 0 aliphatic heterocycles. The number of hydrogen-bond acceptors (Lipinski definition) is 3. The second-order valence-corrected chi connectivity index (χ2v) is 3.64. The molecule has 0 spiro atoms. The minimum atomic E-state index is -0.188. The largest absolute Gasteiger partial charge is 0.361 e. The van der Waals surface area contributed by atoms with Gasteiger partial charge in [0.2, 0.25) is 0 Å². The zero-order valence-electron chi connectivity index (χ0n) is 7.51. The van der Waals surface area contributed by atoms with Gasteiger partial charge in [-0.2, -0.15) is 0 Å². The van der Waals surface area contributed by atoms with Gasteiger partial charge in [0.1, 0.15) is 0 Å². The molecule has 1 rings (SSSR count). The molecule has 0 fully saturated rings. The Morgan fingerprint density at radius 2 is 2.17 bits per heavy atom. The van der Waals surface area contributed by atoms with E-state index in [-0.39, 0.29) is 11.1 Å². The standard InChI is InChI=1S/C8H13N3O/c1-8(2,3)11-6-7(12)10-5-4-9-6/h4-5H,1-3H3,(H,9,11)(H,10,12). The highest BCUT2D eigenvalue weighted by molar-refractivity contribution is 5.32. The molecule has 0 bridgehead atoms. The van der Waals surface area contributed by atoms with Crippen LogP contribution in [0.5, 0.6) is 0 Å². The van der Waals surface area contributed by atoms with E-state index in [4.69, 9.17) is 0 Å². The van der Waals surface area contributed by atoms with Gasteiger partial charge in [-0.1, -0.05) is 0 Å². The van der Waals surface area contributed by atoms with Crippen molar-refractivity contribution in [2.45, 2.75) is 26.3 Å². The molecular formula is C8H13N3O. The molecule has 0 aliphatic rings. The van der Waals surface area contributed by atoms with Gasteiger partial charge in [0.15, 0.2) is 5.82 Å². The van der Waals surface area contributed by atoms with Crippen molar-refractivity contribution in [3.05, 3.63) is 22.7 Å². The molecule has 0 saturated carbocycles. The predicted molar refractivity (Wildman–Crippen MR) is 48.2 cm³/mol. The second-order valence-electron chi connectivity index (χ2n) is 3.64. The summed E-state index contributed by atoms with van der Waals surface area (Å²) in [6, 6.07) is 0. The molecule has 2 N–H and O–H groups in total. The van der Waals surface area contributed by atoms with E-state index in [1.165, 1.54) is 6.20 Å². The van der Waals surface area contributed by atoms with Crippen LogP contribution in [-0.4, -0.2) is 15.5 Å². The molecule has 1 aromatic heterocycles. The maximum absolute atomic E-state index is 11.1. The Kier molecular flexibility index (Phi) is 2.17. The zero-order chi connectivity index (χ0) is 9.19. The van der Waals surface area contributed by atoms with Crippen LogP contribution < -0.4 is 10.9 Å². The highest BCUT2D eigenvalue weighted by Gasteiger charge is 2.11. The summed E-state index contributed by atoms with van der Waals surface area (Å²) in [6.07, 6.45) is 3.06. The van der Waals surface area contributed by atoms with Gasteiger partial charge in [0, 0.05) is 17.9 Å². The van der Waals surface area contributed by atoms with E-state index < -0.39 is 0 Å². The van der Waals surface area contributed by atoms with Crippen molar-refractivity contribution in [1.29, 1.82) is 0 Å². The first-order chi connectivity index (χ1) is 5.49. The molecule has 0 radical (unpaired) electrons. The summed E-state index contributed by atoms with van der Waals surface area (Å²) in [6.45, 7) is 5.92. The average Bonchev–Trinajstić information content (AvgIpc) is 1.91. The van der Waals surface area contributed by atoms with E-state index in [9.17, 15) is 4.79 Å². The Bertz CT molecular complexity index is 311. The first-order valence-electron chi connectivity index (χ1n) is 3.81. The Morgan fingerprint density at radius 3 is 2.67 bits per heavy atom. The molecule has 0 atom stereocenters. The third kappa shape index (κ3) is 2.38. The van der Waals surface area contributed by atoms with Crippen LogP contribution in [0.3, 0.4) is 0 Å². The smallest absolute Gasteiger partial charge is 0.290 e. The third-order valence-electron chi connectivity index (χ3n) is 1.20. The van der Waals surface area contributed by atoms with Crippen molar-refractivity contribution in [2.24, 2.45) is 0 Å². The molecule has 0 amide bonds. The summed E-state index contributed by atoms with van der Waals surface area (Å²) in [5.41, 5.74) is -0.325. The van der Waals surface area contributed by atoms with Crippen molar-refractivity contribution in [3.63, 3.8) is 0 Å². The van der Waals surface area contributed by atoms with E-state index in [1.807, 2.05) is 20.8 Å². The topological polar surface area (TPSA) is 57.8 Å². The first-order valence-corrected chi connectivity index (χ1v) is 3.81. The maximum atomic E-state index is 11.1. The monoisotopic (exact) mass is 167 g/mol. The minimum Gasteiger partial charge on any atom is -0.361 e. The molecule has 0 saturated heterocycles. The van der Waals surface area contributed by atoms with Crippen LogP contribution >= 0.6 is 0 Å². The molecule has 1 heterocycles. The lowest BCUT2D eigenvalue weighted by Crippen LogP contribution is -2.30. The summed E-state index contributed by atoms with van der Waals surface area (Å²) >= 11 is 0. The van der Waals surface area contributed by atoms with Crippen LogP contribution in [0.4, 0.5) is 5.82 Å². The van der Waals surface area contributed by atoms with Crippen molar-refractivity contribution < 1.29 is 0 Å². The highest BCUT2D eigenvalue weighted by Crippen LogP contribution is 2.05. The molecule has 0 unspecified atom stereocenters. The molecule has 4 heteroatoms.